The summed E-state index contributed by atoms with van der Waals surface area (Å²) in [7, 11) is -5.16. The standard InChI is InChI=1S/C9H22O8P2/c1-3-8(15-4-2)9(5-10,6-16-18(11)12)7-17-19(13)14/h8,10-14H,3-7H2,1-2H3. The van der Waals surface area contributed by atoms with E-state index in [4.69, 9.17) is 33.4 Å². The first-order valence-electron chi connectivity index (χ1n) is 5.75. The predicted octanol–water partition coefficient (Wildman–Crippen LogP) is 0.236. The average Bonchev–Trinajstić information content (AvgIpc) is 2.37. The number of hydrogen-bond acceptors (Lipinski definition) is 8. The zero-order chi connectivity index (χ0) is 14.9. The summed E-state index contributed by atoms with van der Waals surface area (Å²) < 4.78 is 15.0. The van der Waals surface area contributed by atoms with Crippen LogP contribution in [0.15, 0.2) is 0 Å². The van der Waals surface area contributed by atoms with E-state index in [1.54, 1.807) is 6.92 Å². The van der Waals surface area contributed by atoms with Crippen molar-refractivity contribution in [1.29, 1.82) is 0 Å². The maximum Gasteiger partial charge on any atom is 0.327 e. The van der Waals surface area contributed by atoms with Crippen LogP contribution in [-0.4, -0.2) is 57.2 Å². The molecule has 0 fully saturated rings. The van der Waals surface area contributed by atoms with Crippen LogP contribution in [0.3, 0.4) is 0 Å². The van der Waals surface area contributed by atoms with Crippen molar-refractivity contribution in [2.75, 3.05) is 26.4 Å². The first-order valence-corrected chi connectivity index (χ1v) is 8.09. The highest BCUT2D eigenvalue weighted by Crippen LogP contribution is 2.37. The van der Waals surface area contributed by atoms with Crippen molar-refractivity contribution in [2.24, 2.45) is 5.41 Å². The average molecular weight is 320 g/mol. The van der Waals surface area contributed by atoms with Crippen LogP contribution in [0.1, 0.15) is 20.3 Å². The fourth-order valence-electron chi connectivity index (χ4n) is 1.72. The molecule has 0 aromatic rings. The quantitative estimate of drug-likeness (QED) is 0.342. The molecule has 0 rings (SSSR count). The van der Waals surface area contributed by atoms with E-state index in [9.17, 15) is 5.11 Å². The van der Waals surface area contributed by atoms with Crippen LogP contribution < -0.4 is 0 Å². The predicted molar refractivity (Wildman–Crippen MR) is 69.8 cm³/mol. The van der Waals surface area contributed by atoms with Gasteiger partial charge in [0, 0.05) is 6.61 Å². The lowest BCUT2D eigenvalue weighted by Crippen LogP contribution is -2.47. The number of rotatable bonds is 11. The minimum Gasteiger partial charge on any atom is -0.396 e. The molecule has 0 saturated heterocycles. The summed E-state index contributed by atoms with van der Waals surface area (Å²) >= 11 is 0. The van der Waals surface area contributed by atoms with E-state index in [0.29, 0.717) is 13.0 Å². The van der Waals surface area contributed by atoms with Gasteiger partial charge in [0.2, 0.25) is 0 Å². The molecule has 0 bridgehead atoms. The van der Waals surface area contributed by atoms with Gasteiger partial charge in [-0.3, -0.25) is 0 Å². The number of aliphatic hydroxyl groups excluding tert-OH is 1. The highest BCUT2D eigenvalue weighted by molar-refractivity contribution is 7.39. The molecule has 10 heteroatoms. The summed E-state index contributed by atoms with van der Waals surface area (Å²) in [6.45, 7) is 3.11. The number of aliphatic hydroxyl groups is 1. The molecule has 8 nitrogen and oxygen atoms in total. The van der Waals surface area contributed by atoms with E-state index in [1.807, 2.05) is 6.92 Å². The second-order valence-electron chi connectivity index (χ2n) is 3.93. The van der Waals surface area contributed by atoms with Crippen molar-refractivity contribution in [3.05, 3.63) is 0 Å². The Morgan fingerprint density at radius 2 is 1.47 bits per heavy atom. The molecule has 0 spiro atoms. The second-order valence-corrected chi connectivity index (χ2v) is 5.45. The molecule has 0 aliphatic rings. The van der Waals surface area contributed by atoms with E-state index < -0.39 is 35.3 Å². The van der Waals surface area contributed by atoms with E-state index in [-0.39, 0.29) is 13.2 Å². The Kier molecular flexibility index (Phi) is 10.6. The van der Waals surface area contributed by atoms with Gasteiger partial charge in [0.15, 0.2) is 0 Å². The van der Waals surface area contributed by atoms with E-state index in [2.05, 4.69) is 0 Å². The fourth-order valence-corrected chi connectivity index (χ4v) is 2.47. The summed E-state index contributed by atoms with van der Waals surface area (Å²) in [6.07, 6.45) is 0.0393. The van der Waals surface area contributed by atoms with Crippen molar-refractivity contribution in [3.8, 4) is 0 Å². The van der Waals surface area contributed by atoms with Gasteiger partial charge in [-0.25, -0.2) is 0 Å². The molecule has 0 radical (unpaired) electrons. The van der Waals surface area contributed by atoms with Gasteiger partial charge in [-0.2, -0.15) is 0 Å². The summed E-state index contributed by atoms with van der Waals surface area (Å²) in [5.41, 5.74) is -1.09. The zero-order valence-electron chi connectivity index (χ0n) is 11.0. The summed E-state index contributed by atoms with van der Waals surface area (Å²) in [6, 6.07) is 0. The molecule has 116 valence electrons. The normalized spacial score (nSPS) is 14.4. The van der Waals surface area contributed by atoms with Crippen molar-refractivity contribution >= 4 is 17.2 Å². The minimum absolute atomic E-state index is 0.232. The van der Waals surface area contributed by atoms with E-state index in [0.717, 1.165) is 0 Å². The monoisotopic (exact) mass is 320 g/mol. The number of hydrogen-bond donors (Lipinski definition) is 5. The highest BCUT2D eigenvalue weighted by Gasteiger charge is 2.40. The van der Waals surface area contributed by atoms with Crippen LogP contribution in [0.4, 0.5) is 0 Å². The molecule has 0 aromatic carbocycles. The van der Waals surface area contributed by atoms with Crippen molar-refractivity contribution in [2.45, 2.75) is 26.4 Å². The molecule has 0 aliphatic heterocycles. The lowest BCUT2D eigenvalue weighted by molar-refractivity contribution is -0.105. The first kappa shape index (κ1) is 19.5. The Morgan fingerprint density at radius 1 is 1.00 bits per heavy atom. The summed E-state index contributed by atoms with van der Waals surface area (Å²) in [4.78, 5) is 35.3. The summed E-state index contributed by atoms with van der Waals surface area (Å²) in [5, 5.41) is 9.58. The molecule has 0 aliphatic carbocycles. The minimum atomic E-state index is -2.58. The van der Waals surface area contributed by atoms with Gasteiger partial charge >= 0.3 is 17.2 Å². The third kappa shape index (κ3) is 7.20. The molecular weight excluding hydrogens is 298 g/mol. The van der Waals surface area contributed by atoms with Crippen LogP contribution in [0, 0.1) is 5.41 Å². The molecule has 0 amide bonds. The van der Waals surface area contributed by atoms with Crippen molar-refractivity contribution in [1.82, 2.24) is 0 Å². The summed E-state index contributed by atoms with van der Waals surface area (Å²) in [5.74, 6) is 0. The van der Waals surface area contributed by atoms with Gasteiger partial charge in [-0.05, 0) is 13.3 Å². The van der Waals surface area contributed by atoms with Crippen LogP contribution in [0.25, 0.3) is 0 Å². The van der Waals surface area contributed by atoms with Crippen LogP contribution in [-0.2, 0) is 13.8 Å². The Morgan fingerprint density at radius 3 is 1.74 bits per heavy atom. The fraction of sp³-hybridized carbons (Fsp3) is 1.00. The largest absolute Gasteiger partial charge is 0.396 e. The third-order valence-corrected chi connectivity index (χ3v) is 3.39. The molecule has 1 atom stereocenters. The lowest BCUT2D eigenvalue weighted by atomic mass is 9.83. The smallest absolute Gasteiger partial charge is 0.327 e. The first-order chi connectivity index (χ1) is 8.91. The Balaban J connectivity index is 4.89. The Hall–Kier alpha value is 0.540. The SMILES string of the molecule is CCOC(CC)C(CO)(COP(O)O)COP(O)O. The molecular formula is C9H22O8P2. The molecule has 0 aromatic heterocycles. The lowest BCUT2D eigenvalue weighted by Gasteiger charge is -2.38. The van der Waals surface area contributed by atoms with Crippen LogP contribution >= 0.6 is 17.2 Å². The van der Waals surface area contributed by atoms with Crippen molar-refractivity contribution in [3.63, 3.8) is 0 Å². The van der Waals surface area contributed by atoms with Crippen LogP contribution in [0.2, 0.25) is 0 Å². The van der Waals surface area contributed by atoms with Gasteiger partial charge in [-0.15, -0.1) is 0 Å². The Labute approximate surface area is 114 Å². The van der Waals surface area contributed by atoms with Gasteiger partial charge < -0.3 is 38.5 Å². The molecule has 0 saturated carbocycles. The van der Waals surface area contributed by atoms with Gasteiger partial charge in [0.05, 0.1) is 31.3 Å². The molecule has 1 unspecified atom stereocenters. The molecule has 0 heterocycles. The maximum absolute atomic E-state index is 9.58. The molecule has 19 heavy (non-hydrogen) atoms. The van der Waals surface area contributed by atoms with E-state index in [1.165, 1.54) is 0 Å². The molecule has 5 N–H and O–H groups in total. The zero-order valence-corrected chi connectivity index (χ0v) is 12.8. The van der Waals surface area contributed by atoms with Gasteiger partial charge in [-0.1, -0.05) is 6.92 Å². The Bertz CT molecular complexity index is 216. The van der Waals surface area contributed by atoms with Gasteiger partial charge in [0.1, 0.15) is 0 Å². The van der Waals surface area contributed by atoms with E-state index >= 15 is 0 Å². The second kappa shape index (κ2) is 10.3. The van der Waals surface area contributed by atoms with Crippen LogP contribution in [0.5, 0.6) is 0 Å². The highest BCUT2D eigenvalue weighted by atomic mass is 31.2. The topological polar surface area (TPSA) is 129 Å². The van der Waals surface area contributed by atoms with Gasteiger partial charge in [0.25, 0.3) is 0 Å². The third-order valence-electron chi connectivity index (χ3n) is 2.67. The maximum atomic E-state index is 9.58. The van der Waals surface area contributed by atoms with Crippen molar-refractivity contribution < 1.29 is 38.5 Å². The number of ether oxygens (including phenoxy) is 1.